The number of carbonyl (C=O) groups is 2. The van der Waals surface area contributed by atoms with Crippen LogP contribution in [-0.2, 0) is 19.1 Å². The first-order chi connectivity index (χ1) is 5.11. The van der Waals surface area contributed by atoms with Gasteiger partial charge in [-0.05, 0) is 0 Å². The molecule has 0 saturated heterocycles. The van der Waals surface area contributed by atoms with E-state index in [-0.39, 0.29) is 44.2 Å². The molecule has 0 amide bonds. The van der Waals surface area contributed by atoms with Gasteiger partial charge in [0.15, 0.2) is 6.10 Å². The summed E-state index contributed by atoms with van der Waals surface area (Å²) in [5, 5.41) is 8.84. The second-order valence-corrected chi connectivity index (χ2v) is 1.82. The molecule has 0 aromatic carbocycles. The summed E-state index contributed by atoms with van der Waals surface area (Å²) in [5.74, 6) is -1.49. The number of carbonyl (C=O) groups excluding carboxylic acids is 2. The van der Waals surface area contributed by atoms with Gasteiger partial charge in [-0.15, -0.1) is 0 Å². The molecule has 0 fully saturated rings. The van der Waals surface area contributed by atoms with Crippen LogP contribution in [0.1, 0.15) is 6.42 Å². The summed E-state index contributed by atoms with van der Waals surface area (Å²) in [4.78, 5) is 20.9. The molecule has 1 unspecified atom stereocenters. The average Bonchev–Trinajstić information content (AvgIpc) is 2.02. The molecular formula is C6H12CaO5. The topological polar surface area (TPSA) is 72.8 Å². The fraction of sp³-hybridized carbons (Fsp3) is 0.667. The monoisotopic (exact) mass is 204 g/mol. The molecule has 0 aliphatic carbocycles. The van der Waals surface area contributed by atoms with Crippen molar-refractivity contribution in [1.29, 1.82) is 0 Å². The van der Waals surface area contributed by atoms with Crippen LogP contribution in [-0.4, -0.2) is 75.1 Å². The summed E-state index contributed by atoms with van der Waals surface area (Å²) < 4.78 is 8.37. The van der Waals surface area contributed by atoms with E-state index >= 15 is 0 Å². The summed E-state index contributed by atoms with van der Waals surface area (Å²) in [6.45, 7) is 0. The average molecular weight is 204 g/mol. The van der Waals surface area contributed by atoms with Crippen molar-refractivity contribution in [3.63, 3.8) is 0 Å². The van der Waals surface area contributed by atoms with E-state index in [0.717, 1.165) is 7.11 Å². The third kappa shape index (κ3) is 5.77. The summed E-state index contributed by atoms with van der Waals surface area (Å²) in [5.41, 5.74) is 0. The number of aliphatic hydroxyl groups excluding tert-OH is 1. The van der Waals surface area contributed by atoms with Crippen LogP contribution < -0.4 is 0 Å². The van der Waals surface area contributed by atoms with E-state index in [1.807, 2.05) is 0 Å². The van der Waals surface area contributed by atoms with Gasteiger partial charge in [0.05, 0.1) is 20.6 Å². The molecule has 68 valence electrons. The van der Waals surface area contributed by atoms with Gasteiger partial charge in [-0.1, -0.05) is 0 Å². The Morgan fingerprint density at radius 1 is 1.33 bits per heavy atom. The molecule has 1 atom stereocenters. The predicted molar refractivity (Wildman–Crippen MR) is 43.2 cm³/mol. The van der Waals surface area contributed by atoms with Crippen molar-refractivity contribution in [3.05, 3.63) is 0 Å². The number of hydrogen-bond donors (Lipinski definition) is 1. The van der Waals surface area contributed by atoms with E-state index in [4.69, 9.17) is 5.11 Å². The Labute approximate surface area is 100 Å². The Kier molecular flexibility index (Phi) is 9.52. The van der Waals surface area contributed by atoms with Crippen LogP contribution in [0.2, 0.25) is 0 Å². The van der Waals surface area contributed by atoms with E-state index < -0.39 is 18.0 Å². The van der Waals surface area contributed by atoms with Crippen LogP contribution in [0.25, 0.3) is 0 Å². The Bertz CT molecular complexity index is 158. The number of ether oxygens (including phenoxy) is 2. The molecule has 0 aromatic heterocycles. The maximum absolute atomic E-state index is 10.5. The number of methoxy groups -OCH3 is 2. The summed E-state index contributed by atoms with van der Waals surface area (Å²) in [6, 6.07) is 0. The number of rotatable bonds is 3. The third-order valence-electron chi connectivity index (χ3n) is 1.06. The first-order valence-electron chi connectivity index (χ1n) is 2.94. The molecule has 0 saturated carbocycles. The van der Waals surface area contributed by atoms with Crippen molar-refractivity contribution in [1.82, 2.24) is 0 Å². The summed E-state index contributed by atoms with van der Waals surface area (Å²) in [7, 11) is 2.30. The van der Waals surface area contributed by atoms with Gasteiger partial charge in [-0.2, -0.15) is 0 Å². The minimum atomic E-state index is -1.42. The molecule has 0 spiro atoms. The molecule has 6 heteroatoms. The quantitative estimate of drug-likeness (QED) is 0.432. The second-order valence-electron chi connectivity index (χ2n) is 1.82. The van der Waals surface area contributed by atoms with Crippen molar-refractivity contribution in [2.75, 3.05) is 14.2 Å². The van der Waals surface area contributed by atoms with Crippen LogP contribution in [0.3, 0.4) is 0 Å². The molecule has 12 heavy (non-hydrogen) atoms. The predicted octanol–water partition coefficient (Wildman–Crippen LogP) is -1.83. The second kappa shape index (κ2) is 7.79. The first kappa shape index (κ1) is 14.7. The number of hydrogen-bond acceptors (Lipinski definition) is 5. The van der Waals surface area contributed by atoms with Gasteiger partial charge in [0.2, 0.25) is 0 Å². The standard InChI is InChI=1S/C6H10O5.Ca.2H/c1-10-5(8)3-4(7)6(9)11-2;;;/h4,7H,3H2,1-2H3;;;. The van der Waals surface area contributed by atoms with Crippen molar-refractivity contribution < 1.29 is 24.2 Å². The van der Waals surface area contributed by atoms with E-state index in [1.54, 1.807) is 0 Å². The van der Waals surface area contributed by atoms with Crippen molar-refractivity contribution in [2.24, 2.45) is 0 Å². The molecule has 1 N–H and O–H groups in total. The molecule has 0 radical (unpaired) electrons. The van der Waals surface area contributed by atoms with Crippen LogP contribution in [0, 0.1) is 0 Å². The Morgan fingerprint density at radius 3 is 2.17 bits per heavy atom. The van der Waals surface area contributed by atoms with Gasteiger partial charge in [0.25, 0.3) is 0 Å². The van der Waals surface area contributed by atoms with Gasteiger partial charge >= 0.3 is 49.7 Å². The molecule has 5 nitrogen and oxygen atoms in total. The fourth-order valence-electron chi connectivity index (χ4n) is 0.461. The van der Waals surface area contributed by atoms with E-state index in [0.29, 0.717) is 0 Å². The third-order valence-corrected chi connectivity index (χ3v) is 1.06. The number of esters is 2. The van der Waals surface area contributed by atoms with Crippen molar-refractivity contribution >= 4 is 49.7 Å². The normalized spacial score (nSPS) is 10.9. The van der Waals surface area contributed by atoms with Crippen molar-refractivity contribution in [2.45, 2.75) is 12.5 Å². The van der Waals surface area contributed by atoms with E-state index in [1.165, 1.54) is 7.11 Å². The van der Waals surface area contributed by atoms with Crippen LogP contribution in [0.4, 0.5) is 0 Å². The molecule has 0 rings (SSSR count). The Morgan fingerprint density at radius 2 is 1.83 bits per heavy atom. The van der Waals surface area contributed by atoms with Gasteiger partial charge in [0, 0.05) is 0 Å². The molecule has 0 aromatic rings. The summed E-state index contributed by atoms with van der Waals surface area (Å²) in [6.07, 6.45) is -1.80. The minimum absolute atomic E-state index is 0. The summed E-state index contributed by atoms with van der Waals surface area (Å²) >= 11 is 0. The zero-order chi connectivity index (χ0) is 8.85. The van der Waals surface area contributed by atoms with Gasteiger partial charge < -0.3 is 14.6 Å². The maximum atomic E-state index is 10.5. The zero-order valence-electron chi connectivity index (χ0n) is 6.36. The molecular weight excluding hydrogens is 192 g/mol. The Balaban J connectivity index is 0. The molecule has 0 aliphatic heterocycles. The molecule has 0 heterocycles. The fourth-order valence-corrected chi connectivity index (χ4v) is 0.461. The molecule has 0 aliphatic rings. The van der Waals surface area contributed by atoms with Crippen LogP contribution in [0.5, 0.6) is 0 Å². The molecule has 0 bridgehead atoms. The SMILES string of the molecule is COC(=O)CC(O)C(=O)OC.[CaH2]. The van der Waals surface area contributed by atoms with Gasteiger partial charge in [-0.25, -0.2) is 4.79 Å². The van der Waals surface area contributed by atoms with E-state index in [2.05, 4.69) is 9.47 Å². The Hall–Kier alpha value is 0.160. The van der Waals surface area contributed by atoms with E-state index in [9.17, 15) is 9.59 Å². The first-order valence-corrected chi connectivity index (χ1v) is 2.94. The van der Waals surface area contributed by atoms with Gasteiger partial charge in [-0.3, -0.25) is 4.79 Å². The zero-order valence-corrected chi connectivity index (χ0v) is 6.36. The van der Waals surface area contributed by atoms with Gasteiger partial charge in [0.1, 0.15) is 0 Å². The van der Waals surface area contributed by atoms with Crippen LogP contribution in [0.15, 0.2) is 0 Å². The number of aliphatic hydroxyl groups is 1. The van der Waals surface area contributed by atoms with Crippen molar-refractivity contribution in [3.8, 4) is 0 Å². The van der Waals surface area contributed by atoms with Crippen LogP contribution >= 0.6 is 0 Å².